The highest BCUT2D eigenvalue weighted by Crippen LogP contribution is 2.33. The third-order valence-corrected chi connectivity index (χ3v) is 3.53. The highest BCUT2D eigenvalue weighted by Gasteiger charge is 2.14. The van der Waals surface area contributed by atoms with Gasteiger partial charge in [-0.1, -0.05) is 12.1 Å². The molecule has 0 aliphatic heterocycles. The van der Waals surface area contributed by atoms with Crippen LogP contribution in [0, 0.1) is 13.8 Å². The summed E-state index contributed by atoms with van der Waals surface area (Å²) in [6.07, 6.45) is 2.54. The van der Waals surface area contributed by atoms with E-state index in [1.54, 1.807) is 20.4 Å². The third kappa shape index (κ3) is 3.68. The van der Waals surface area contributed by atoms with Crippen LogP contribution in [0.25, 0.3) is 11.1 Å². The maximum absolute atomic E-state index is 11.0. The van der Waals surface area contributed by atoms with Gasteiger partial charge in [-0.15, -0.1) is 0 Å². The molecular formula is C17H24N2O3. The number of aldehydes is 1. The van der Waals surface area contributed by atoms with Gasteiger partial charge in [-0.25, -0.2) is 0 Å². The van der Waals surface area contributed by atoms with Crippen molar-refractivity contribution in [1.29, 1.82) is 0 Å². The number of carbonyl (C=O) groups excluding carboxylic acids is 1. The SMILES string of the molecule is CCOC.COc1cccc(-c2cn(N)c(C=O)c2C)c1C. The van der Waals surface area contributed by atoms with Gasteiger partial charge < -0.3 is 15.3 Å². The molecule has 0 atom stereocenters. The minimum atomic E-state index is 0.493. The zero-order chi connectivity index (χ0) is 16.7. The predicted molar refractivity (Wildman–Crippen MR) is 89.0 cm³/mol. The van der Waals surface area contributed by atoms with Gasteiger partial charge in [0.15, 0.2) is 6.29 Å². The van der Waals surface area contributed by atoms with Crippen LogP contribution in [0.1, 0.15) is 28.5 Å². The normalized spacial score (nSPS) is 9.86. The first-order valence-electron chi connectivity index (χ1n) is 7.06. The Hall–Kier alpha value is -2.27. The number of nitrogen functional groups attached to an aromatic ring is 1. The van der Waals surface area contributed by atoms with Crippen LogP contribution in [-0.2, 0) is 4.74 Å². The second-order valence-electron chi connectivity index (χ2n) is 4.79. The lowest BCUT2D eigenvalue weighted by Gasteiger charge is -2.09. The average molecular weight is 304 g/mol. The van der Waals surface area contributed by atoms with E-state index < -0.39 is 0 Å². The Morgan fingerprint density at radius 1 is 1.18 bits per heavy atom. The number of rotatable bonds is 4. The first kappa shape index (κ1) is 17.8. The van der Waals surface area contributed by atoms with Gasteiger partial charge in [-0.3, -0.25) is 9.47 Å². The molecule has 2 rings (SSSR count). The quantitative estimate of drug-likeness (QED) is 0.696. The summed E-state index contributed by atoms with van der Waals surface area (Å²) in [7, 11) is 3.32. The molecule has 1 heterocycles. The number of benzene rings is 1. The Labute approximate surface area is 131 Å². The molecule has 120 valence electrons. The number of hydrogen-bond acceptors (Lipinski definition) is 4. The lowest BCUT2D eigenvalue weighted by atomic mass is 9.99. The molecule has 0 saturated heterocycles. The molecule has 0 spiro atoms. The number of aromatic nitrogens is 1. The van der Waals surface area contributed by atoms with Gasteiger partial charge in [-0.05, 0) is 43.5 Å². The van der Waals surface area contributed by atoms with Gasteiger partial charge in [0.05, 0.1) is 7.11 Å². The van der Waals surface area contributed by atoms with E-state index in [4.69, 9.17) is 10.6 Å². The Kier molecular flexibility index (Phi) is 6.66. The molecule has 0 bridgehead atoms. The Morgan fingerprint density at radius 3 is 2.27 bits per heavy atom. The fourth-order valence-corrected chi connectivity index (χ4v) is 2.19. The lowest BCUT2D eigenvalue weighted by molar-refractivity contribution is 0.111. The van der Waals surface area contributed by atoms with Gasteiger partial charge in [0.25, 0.3) is 0 Å². The van der Waals surface area contributed by atoms with Crippen molar-refractivity contribution in [3.05, 3.63) is 41.2 Å². The summed E-state index contributed by atoms with van der Waals surface area (Å²) in [5, 5.41) is 0. The van der Waals surface area contributed by atoms with Crippen LogP contribution in [0.5, 0.6) is 5.75 Å². The van der Waals surface area contributed by atoms with Crippen molar-refractivity contribution in [2.24, 2.45) is 0 Å². The van der Waals surface area contributed by atoms with E-state index in [1.165, 1.54) is 4.68 Å². The van der Waals surface area contributed by atoms with Crippen molar-refractivity contribution in [1.82, 2.24) is 4.68 Å². The van der Waals surface area contributed by atoms with Crippen LogP contribution in [0.4, 0.5) is 0 Å². The van der Waals surface area contributed by atoms with E-state index in [1.807, 2.05) is 39.0 Å². The number of methoxy groups -OCH3 is 2. The summed E-state index contributed by atoms with van der Waals surface area (Å²) < 4.78 is 11.2. The minimum absolute atomic E-state index is 0.493. The van der Waals surface area contributed by atoms with Crippen molar-refractivity contribution in [2.45, 2.75) is 20.8 Å². The Balaban J connectivity index is 0.000000541. The molecule has 0 fully saturated rings. The average Bonchev–Trinajstić information content (AvgIpc) is 2.82. The van der Waals surface area contributed by atoms with Crippen molar-refractivity contribution in [2.75, 3.05) is 26.7 Å². The molecule has 1 aromatic carbocycles. The van der Waals surface area contributed by atoms with E-state index in [-0.39, 0.29) is 0 Å². The first-order valence-corrected chi connectivity index (χ1v) is 7.06. The third-order valence-electron chi connectivity index (χ3n) is 3.53. The van der Waals surface area contributed by atoms with Crippen molar-refractivity contribution < 1.29 is 14.3 Å². The van der Waals surface area contributed by atoms with E-state index in [0.29, 0.717) is 5.69 Å². The molecule has 1 aromatic heterocycles. The van der Waals surface area contributed by atoms with Crippen LogP contribution in [0.15, 0.2) is 24.4 Å². The maximum Gasteiger partial charge on any atom is 0.168 e. The molecule has 0 aliphatic rings. The van der Waals surface area contributed by atoms with Crippen LogP contribution >= 0.6 is 0 Å². The molecule has 0 unspecified atom stereocenters. The summed E-state index contributed by atoms with van der Waals surface area (Å²) in [5.74, 6) is 6.59. The van der Waals surface area contributed by atoms with Crippen molar-refractivity contribution >= 4 is 6.29 Å². The van der Waals surface area contributed by atoms with E-state index >= 15 is 0 Å². The van der Waals surface area contributed by atoms with Crippen LogP contribution in [-0.4, -0.2) is 31.8 Å². The fraction of sp³-hybridized carbons (Fsp3) is 0.353. The molecule has 2 N–H and O–H groups in total. The largest absolute Gasteiger partial charge is 0.496 e. The Bertz CT molecular complexity index is 631. The van der Waals surface area contributed by atoms with E-state index in [0.717, 1.165) is 40.9 Å². The zero-order valence-corrected chi connectivity index (χ0v) is 13.8. The van der Waals surface area contributed by atoms with E-state index in [2.05, 4.69) is 4.74 Å². The summed E-state index contributed by atoms with van der Waals surface area (Å²) >= 11 is 0. The summed E-state index contributed by atoms with van der Waals surface area (Å²) in [4.78, 5) is 11.0. The number of hydrogen-bond donors (Lipinski definition) is 1. The molecule has 22 heavy (non-hydrogen) atoms. The van der Waals surface area contributed by atoms with Gasteiger partial charge in [-0.2, -0.15) is 0 Å². The topological polar surface area (TPSA) is 66.5 Å². The second-order valence-corrected chi connectivity index (χ2v) is 4.79. The van der Waals surface area contributed by atoms with Crippen molar-refractivity contribution in [3.8, 4) is 16.9 Å². The summed E-state index contributed by atoms with van der Waals surface area (Å²) in [5.41, 5.74) is 4.39. The predicted octanol–water partition coefficient (Wildman–Crippen LogP) is 2.96. The van der Waals surface area contributed by atoms with E-state index in [9.17, 15) is 4.79 Å². The van der Waals surface area contributed by atoms with Crippen LogP contribution in [0.2, 0.25) is 0 Å². The molecule has 0 radical (unpaired) electrons. The maximum atomic E-state index is 11.0. The molecule has 0 aliphatic carbocycles. The van der Waals surface area contributed by atoms with Gasteiger partial charge >= 0.3 is 0 Å². The number of nitrogens with zero attached hydrogens (tertiary/aromatic N) is 1. The number of carbonyl (C=O) groups is 1. The zero-order valence-electron chi connectivity index (χ0n) is 13.8. The van der Waals surface area contributed by atoms with Gasteiger partial charge in [0, 0.05) is 25.5 Å². The van der Waals surface area contributed by atoms with Crippen LogP contribution < -0.4 is 10.6 Å². The molecule has 5 nitrogen and oxygen atoms in total. The number of nitrogens with two attached hydrogens (primary N) is 1. The standard InChI is InChI=1S/C14H16N2O2.C3H8O/c1-9-12(7-16(15)13(9)8-17)11-5-4-6-14(18-3)10(11)2;1-3-4-2/h4-8H,15H2,1-3H3;3H2,1-2H3. The summed E-state index contributed by atoms with van der Waals surface area (Å²) in [6, 6.07) is 5.83. The monoisotopic (exact) mass is 304 g/mol. The highest BCUT2D eigenvalue weighted by molar-refractivity contribution is 5.83. The lowest BCUT2D eigenvalue weighted by Crippen LogP contribution is -2.10. The minimum Gasteiger partial charge on any atom is -0.496 e. The molecule has 2 aromatic rings. The highest BCUT2D eigenvalue weighted by atomic mass is 16.5. The van der Waals surface area contributed by atoms with Crippen molar-refractivity contribution in [3.63, 3.8) is 0 Å². The number of ether oxygens (including phenoxy) is 2. The smallest absolute Gasteiger partial charge is 0.168 e. The van der Waals surface area contributed by atoms with Crippen LogP contribution in [0.3, 0.4) is 0 Å². The van der Waals surface area contributed by atoms with Gasteiger partial charge in [0.1, 0.15) is 11.4 Å². The Morgan fingerprint density at radius 2 is 1.82 bits per heavy atom. The summed E-state index contributed by atoms with van der Waals surface area (Å²) in [6.45, 7) is 6.66. The fourth-order valence-electron chi connectivity index (χ4n) is 2.19. The molecule has 5 heteroatoms. The van der Waals surface area contributed by atoms with Gasteiger partial charge in [0.2, 0.25) is 0 Å². The molecule has 0 saturated carbocycles. The molecule has 0 amide bonds. The second kappa shape index (κ2) is 8.24. The first-order chi connectivity index (χ1) is 10.5. The molecular weight excluding hydrogens is 280 g/mol.